The van der Waals surface area contributed by atoms with Crippen molar-refractivity contribution in [3.8, 4) is 22.9 Å². The van der Waals surface area contributed by atoms with Gasteiger partial charge in [-0.05, 0) is 54.6 Å². The van der Waals surface area contributed by atoms with Gasteiger partial charge in [0.05, 0.1) is 10.6 Å². The van der Waals surface area contributed by atoms with Crippen molar-refractivity contribution in [3.05, 3.63) is 66.5 Å². The molecular formula is C19H15F4N3O4S. The summed E-state index contributed by atoms with van der Waals surface area (Å²) in [4.78, 5) is -0.231. The Balaban J connectivity index is 1.50. The Bertz CT molecular complexity index is 1100. The van der Waals surface area contributed by atoms with Gasteiger partial charge in [-0.3, -0.25) is 0 Å². The Morgan fingerprint density at radius 1 is 0.903 bits per heavy atom. The highest BCUT2D eigenvalue weighted by molar-refractivity contribution is 7.89. The first kappa shape index (κ1) is 22.4. The van der Waals surface area contributed by atoms with Crippen molar-refractivity contribution in [2.24, 2.45) is 0 Å². The molecule has 0 fully saturated rings. The van der Waals surface area contributed by atoms with E-state index < -0.39 is 22.1 Å². The average molecular weight is 457 g/mol. The van der Waals surface area contributed by atoms with Gasteiger partial charge in [-0.25, -0.2) is 17.5 Å². The third-order valence-electron chi connectivity index (χ3n) is 3.79. The number of rotatable bonds is 8. The Kier molecular flexibility index (Phi) is 6.71. The van der Waals surface area contributed by atoms with Crippen LogP contribution in [0.25, 0.3) is 11.3 Å². The lowest BCUT2D eigenvalue weighted by Crippen LogP contribution is -2.28. The molecule has 0 bridgehead atoms. The average Bonchev–Trinajstić information content (AvgIpc) is 2.72. The highest BCUT2D eigenvalue weighted by Gasteiger charge is 2.31. The highest BCUT2D eigenvalue weighted by Crippen LogP contribution is 2.24. The van der Waals surface area contributed by atoms with E-state index in [0.29, 0.717) is 11.3 Å². The number of benzene rings is 2. The van der Waals surface area contributed by atoms with Crippen LogP contribution in [0.3, 0.4) is 0 Å². The van der Waals surface area contributed by atoms with E-state index in [0.717, 1.165) is 24.3 Å². The van der Waals surface area contributed by atoms with Crippen molar-refractivity contribution in [1.29, 1.82) is 0 Å². The lowest BCUT2D eigenvalue weighted by molar-refractivity contribution is -0.274. The Labute approximate surface area is 174 Å². The van der Waals surface area contributed by atoms with Gasteiger partial charge < -0.3 is 9.47 Å². The van der Waals surface area contributed by atoms with Crippen LogP contribution in [-0.2, 0) is 10.0 Å². The molecule has 3 aromatic rings. The summed E-state index contributed by atoms with van der Waals surface area (Å²) < 4.78 is 85.0. The Morgan fingerprint density at radius 3 is 2.16 bits per heavy atom. The fourth-order valence-electron chi connectivity index (χ4n) is 2.41. The summed E-state index contributed by atoms with van der Waals surface area (Å²) in [6.45, 7) is -0.191. The quantitative estimate of drug-likeness (QED) is 0.411. The second-order valence-corrected chi connectivity index (χ2v) is 7.80. The van der Waals surface area contributed by atoms with Crippen LogP contribution in [0.5, 0.6) is 11.6 Å². The number of hydrogen-bond acceptors (Lipinski definition) is 6. The molecule has 0 aliphatic heterocycles. The maximum Gasteiger partial charge on any atom is 0.573 e. The molecule has 0 spiro atoms. The molecule has 164 valence electrons. The summed E-state index contributed by atoms with van der Waals surface area (Å²) in [7, 11) is -3.95. The first-order valence-electron chi connectivity index (χ1n) is 8.70. The van der Waals surface area contributed by atoms with Gasteiger partial charge in [-0.15, -0.1) is 23.4 Å². The normalized spacial score (nSPS) is 11.9. The molecule has 0 atom stereocenters. The molecule has 31 heavy (non-hydrogen) atoms. The van der Waals surface area contributed by atoms with E-state index in [2.05, 4.69) is 19.7 Å². The molecule has 1 aromatic heterocycles. The topological polar surface area (TPSA) is 90.4 Å². The summed E-state index contributed by atoms with van der Waals surface area (Å²) in [5.41, 5.74) is 1.17. The molecule has 7 nitrogen and oxygen atoms in total. The summed E-state index contributed by atoms with van der Waals surface area (Å²) in [6.07, 6.45) is -4.86. The predicted molar refractivity (Wildman–Crippen MR) is 101 cm³/mol. The van der Waals surface area contributed by atoms with Gasteiger partial charge in [-0.2, -0.15) is 0 Å². The molecule has 0 unspecified atom stereocenters. The summed E-state index contributed by atoms with van der Waals surface area (Å²) in [6, 6.07) is 12.6. The van der Waals surface area contributed by atoms with Crippen LogP contribution in [0.1, 0.15) is 0 Å². The van der Waals surface area contributed by atoms with Crippen LogP contribution in [0.2, 0.25) is 0 Å². The van der Waals surface area contributed by atoms with E-state index in [1.54, 1.807) is 18.2 Å². The zero-order valence-electron chi connectivity index (χ0n) is 15.6. The first-order chi connectivity index (χ1) is 14.6. The molecular weight excluding hydrogens is 442 g/mol. The van der Waals surface area contributed by atoms with Crippen LogP contribution < -0.4 is 14.2 Å². The molecule has 0 radical (unpaired) electrons. The maximum absolute atomic E-state index is 13.0. The van der Waals surface area contributed by atoms with E-state index in [9.17, 15) is 26.0 Å². The molecule has 1 heterocycles. The number of halogens is 4. The van der Waals surface area contributed by atoms with E-state index in [1.807, 2.05) is 0 Å². The van der Waals surface area contributed by atoms with E-state index in [-0.39, 0.29) is 29.7 Å². The van der Waals surface area contributed by atoms with Gasteiger partial charge in [0.15, 0.2) is 0 Å². The zero-order valence-corrected chi connectivity index (χ0v) is 16.5. The van der Waals surface area contributed by atoms with Crippen LogP contribution in [-0.4, -0.2) is 38.1 Å². The number of nitrogens with zero attached hydrogens (tertiary/aromatic N) is 2. The van der Waals surface area contributed by atoms with Crippen molar-refractivity contribution < 1.29 is 35.5 Å². The molecule has 0 saturated heterocycles. The third-order valence-corrected chi connectivity index (χ3v) is 5.27. The predicted octanol–water partition coefficient (Wildman–Crippen LogP) is 3.54. The second kappa shape index (κ2) is 9.27. The van der Waals surface area contributed by atoms with Gasteiger partial charge in [0.25, 0.3) is 0 Å². The number of nitrogens with one attached hydrogen (secondary N) is 1. The lowest BCUT2D eigenvalue weighted by atomic mass is 10.1. The van der Waals surface area contributed by atoms with Crippen LogP contribution in [0.15, 0.2) is 65.6 Å². The van der Waals surface area contributed by atoms with Crippen LogP contribution in [0.4, 0.5) is 17.6 Å². The number of ether oxygens (including phenoxy) is 2. The van der Waals surface area contributed by atoms with Crippen molar-refractivity contribution in [3.63, 3.8) is 0 Å². The third kappa shape index (κ3) is 6.62. The summed E-state index contributed by atoms with van der Waals surface area (Å²) >= 11 is 0. The van der Waals surface area contributed by atoms with Crippen molar-refractivity contribution >= 4 is 10.0 Å². The van der Waals surface area contributed by atoms with Gasteiger partial charge in [0.2, 0.25) is 15.9 Å². The van der Waals surface area contributed by atoms with Gasteiger partial charge >= 0.3 is 6.36 Å². The summed E-state index contributed by atoms with van der Waals surface area (Å²) in [5.74, 6) is -0.749. The molecule has 1 N–H and O–H groups in total. The standard InChI is InChI=1S/C19H15F4N3O4S/c20-14-3-1-13(2-4-14)17-9-10-18(26-25-17)29-12-11-24-31(27,28)16-7-5-15(6-8-16)30-19(21,22)23/h1-10,24H,11-12H2. The number of aromatic nitrogens is 2. The van der Waals surface area contributed by atoms with E-state index in [4.69, 9.17) is 4.74 Å². The molecule has 2 aromatic carbocycles. The molecule has 3 rings (SSSR count). The molecule has 12 heteroatoms. The Morgan fingerprint density at radius 2 is 1.58 bits per heavy atom. The number of sulfonamides is 1. The fourth-order valence-corrected chi connectivity index (χ4v) is 3.42. The first-order valence-corrected chi connectivity index (χ1v) is 10.2. The second-order valence-electron chi connectivity index (χ2n) is 6.03. The minimum atomic E-state index is -4.86. The van der Waals surface area contributed by atoms with Gasteiger partial charge in [0, 0.05) is 18.2 Å². The van der Waals surface area contributed by atoms with Gasteiger partial charge in [0.1, 0.15) is 18.2 Å². The number of hydrogen-bond donors (Lipinski definition) is 1. The molecule has 0 aliphatic carbocycles. The van der Waals surface area contributed by atoms with Crippen molar-refractivity contribution in [2.75, 3.05) is 13.2 Å². The van der Waals surface area contributed by atoms with Crippen molar-refractivity contribution in [1.82, 2.24) is 14.9 Å². The largest absolute Gasteiger partial charge is 0.573 e. The minimum Gasteiger partial charge on any atom is -0.475 e. The highest BCUT2D eigenvalue weighted by atomic mass is 32.2. The fraction of sp³-hybridized carbons (Fsp3) is 0.158. The smallest absolute Gasteiger partial charge is 0.475 e. The maximum atomic E-state index is 13.0. The van der Waals surface area contributed by atoms with Crippen molar-refractivity contribution in [2.45, 2.75) is 11.3 Å². The van der Waals surface area contributed by atoms with E-state index >= 15 is 0 Å². The molecule has 0 aliphatic rings. The summed E-state index contributed by atoms with van der Waals surface area (Å²) in [5, 5.41) is 7.82. The molecule has 0 amide bonds. The lowest BCUT2D eigenvalue weighted by Gasteiger charge is -2.10. The number of alkyl halides is 3. The monoisotopic (exact) mass is 457 g/mol. The van der Waals surface area contributed by atoms with E-state index in [1.165, 1.54) is 18.2 Å². The van der Waals surface area contributed by atoms with Crippen LogP contribution >= 0.6 is 0 Å². The van der Waals surface area contributed by atoms with Crippen LogP contribution in [0, 0.1) is 5.82 Å². The SMILES string of the molecule is O=S(=O)(NCCOc1ccc(-c2ccc(F)cc2)nn1)c1ccc(OC(F)(F)F)cc1. The minimum absolute atomic E-state index is 0.0704. The Hall–Kier alpha value is -3.25. The zero-order chi connectivity index (χ0) is 22.5. The van der Waals surface area contributed by atoms with Gasteiger partial charge in [-0.1, -0.05) is 0 Å². The molecule has 0 saturated carbocycles.